The molecule has 2 rings (SSSR count). The Morgan fingerprint density at radius 2 is 1.91 bits per heavy atom. The Balaban J connectivity index is 2.02. The van der Waals surface area contributed by atoms with Gasteiger partial charge in [-0.1, -0.05) is 19.3 Å². The predicted octanol–water partition coefficient (Wildman–Crippen LogP) is 0.726. The molecule has 1 aliphatic heterocycles. The van der Waals surface area contributed by atoms with Crippen molar-refractivity contribution in [1.82, 2.24) is 9.21 Å². The van der Waals surface area contributed by atoms with Gasteiger partial charge in [-0.25, -0.2) is 17.1 Å². The van der Waals surface area contributed by atoms with E-state index in [0.717, 1.165) is 25.7 Å². The van der Waals surface area contributed by atoms with E-state index in [2.05, 4.69) is 0 Å². The average molecular weight is 349 g/mol. The summed E-state index contributed by atoms with van der Waals surface area (Å²) in [5.41, 5.74) is 5.21. The fraction of sp³-hybridized carbons (Fsp3) is 0.933. The first-order valence-corrected chi connectivity index (χ1v) is 10.2. The van der Waals surface area contributed by atoms with E-state index >= 15 is 0 Å². The van der Waals surface area contributed by atoms with Crippen LogP contribution in [0, 0.1) is 5.92 Å². The molecular formula is C15H28FN3O3S. The standard InChI is InChI=1S/C15H28FN3O3S/c1-23(21,22)19(8-12-5-3-2-4-6-12)10-14-7-13(16)9-18(14)11-15(17)20/h12-14H,2-11H2,1H3,(H2,17,20)/t13-,14-/m0/s1. The quantitative estimate of drug-likeness (QED) is 0.734. The van der Waals surface area contributed by atoms with E-state index in [1.54, 1.807) is 4.90 Å². The molecule has 0 unspecified atom stereocenters. The molecule has 2 N–H and O–H groups in total. The van der Waals surface area contributed by atoms with Crippen molar-refractivity contribution >= 4 is 15.9 Å². The minimum absolute atomic E-state index is 0.0217. The summed E-state index contributed by atoms with van der Waals surface area (Å²) in [6, 6.07) is -0.282. The van der Waals surface area contributed by atoms with Gasteiger partial charge in [0.1, 0.15) is 6.17 Å². The number of primary amides is 1. The van der Waals surface area contributed by atoms with Crippen molar-refractivity contribution in [2.45, 2.75) is 50.7 Å². The molecule has 0 spiro atoms. The normalized spacial score (nSPS) is 27.6. The van der Waals surface area contributed by atoms with Gasteiger partial charge in [-0.15, -0.1) is 0 Å². The fourth-order valence-electron chi connectivity index (χ4n) is 3.74. The molecule has 6 nitrogen and oxygen atoms in total. The molecule has 0 aromatic carbocycles. The van der Waals surface area contributed by atoms with Crippen LogP contribution in [0.1, 0.15) is 38.5 Å². The summed E-state index contributed by atoms with van der Waals surface area (Å²) in [6.45, 7) is 0.862. The van der Waals surface area contributed by atoms with Crippen LogP contribution >= 0.6 is 0 Å². The zero-order valence-electron chi connectivity index (χ0n) is 13.8. The maximum absolute atomic E-state index is 13.7. The number of hydrogen-bond acceptors (Lipinski definition) is 4. The molecule has 0 aromatic rings. The first kappa shape index (κ1) is 18.6. The largest absolute Gasteiger partial charge is 0.369 e. The van der Waals surface area contributed by atoms with Gasteiger partial charge in [0.25, 0.3) is 0 Å². The van der Waals surface area contributed by atoms with Crippen LogP contribution in [0.4, 0.5) is 4.39 Å². The van der Waals surface area contributed by atoms with Crippen LogP contribution < -0.4 is 5.73 Å². The highest BCUT2D eigenvalue weighted by molar-refractivity contribution is 7.88. The second-order valence-electron chi connectivity index (χ2n) is 6.97. The highest BCUT2D eigenvalue weighted by atomic mass is 32.2. The molecule has 2 fully saturated rings. The molecule has 23 heavy (non-hydrogen) atoms. The Morgan fingerprint density at radius 1 is 1.26 bits per heavy atom. The van der Waals surface area contributed by atoms with Crippen molar-refractivity contribution in [3.63, 3.8) is 0 Å². The van der Waals surface area contributed by atoms with Gasteiger partial charge < -0.3 is 5.73 Å². The number of sulfonamides is 1. The Morgan fingerprint density at radius 3 is 2.48 bits per heavy atom. The van der Waals surface area contributed by atoms with E-state index in [-0.39, 0.29) is 32.1 Å². The molecular weight excluding hydrogens is 321 g/mol. The molecule has 2 aliphatic rings. The third-order valence-corrected chi connectivity index (χ3v) is 6.14. The van der Waals surface area contributed by atoms with E-state index < -0.39 is 22.1 Å². The lowest BCUT2D eigenvalue weighted by Crippen LogP contribution is -2.46. The third kappa shape index (κ3) is 5.69. The van der Waals surface area contributed by atoms with Crippen LogP contribution in [0.3, 0.4) is 0 Å². The van der Waals surface area contributed by atoms with Gasteiger partial charge >= 0.3 is 0 Å². The third-order valence-electron chi connectivity index (χ3n) is 4.91. The summed E-state index contributed by atoms with van der Waals surface area (Å²) >= 11 is 0. The SMILES string of the molecule is CS(=O)(=O)N(CC1CCCCC1)C[C@@H]1C[C@H](F)CN1CC(N)=O. The van der Waals surface area contributed by atoms with E-state index in [9.17, 15) is 17.6 Å². The maximum Gasteiger partial charge on any atom is 0.231 e. The van der Waals surface area contributed by atoms with E-state index in [0.29, 0.717) is 12.5 Å². The monoisotopic (exact) mass is 349 g/mol. The van der Waals surface area contributed by atoms with Gasteiger partial charge in [0.15, 0.2) is 0 Å². The number of nitrogens with zero attached hydrogens (tertiary/aromatic N) is 2. The van der Waals surface area contributed by atoms with Gasteiger partial charge in [-0.05, 0) is 25.2 Å². The van der Waals surface area contributed by atoms with Crippen LogP contribution in [0.5, 0.6) is 0 Å². The molecule has 8 heteroatoms. The molecule has 0 bridgehead atoms. The number of halogens is 1. The van der Waals surface area contributed by atoms with E-state index in [4.69, 9.17) is 5.73 Å². The van der Waals surface area contributed by atoms with Crippen LogP contribution in [0.2, 0.25) is 0 Å². The molecule has 1 amide bonds. The maximum atomic E-state index is 13.7. The van der Waals surface area contributed by atoms with E-state index in [1.807, 2.05) is 0 Å². The van der Waals surface area contributed by atoms with Crippen LogP contribution in [-0.4, -0.2) is 68.2 Å². The second-order valence-corrected chi connectivity index (χ2v) is 8.95. The molecule has 2 atom stereocenters. The first-order chi connectivity index (χ1) is 10.8. The lowest BCUT2D eigenvalue weighted by atomic mass is 9.89. The highest BCUT2D eigenvalue weighted by Crippen LogP contribution is 2.27. The average Bonchev–Trinajstić information content (AvgIpc) is 2.77. The number of rotatable bonds is 7. The molecule has 1 heterocycles. The molecule has 1 saturated carbocycles. The number of amides is 1. The lowest BCUT2D eigenvalue weighted by Gasteiger charge is -2.32. The number of nitrogens with two attached hydrogens (primary N) is 1. The number of carbonyl (C=O) groups excluding carboxylic acids is 1. The number of hydrogen-bond donors (Lipinski definition) is 1. The summed E-state index contributed by atoms with van der Waals surface area (Å²) in [4.78, 5) is 12.8. The van der Waals surface area contributed by atoms with Crippen molar-refractivity contribution in [3.05, 3.63) is 0 Å². The van der Waals surface area contributed by atoms with Crippen LogP contribution in [-0.2, 0) is 14.8 Å². The summed E-state index contributed by atoms with van der Waals surface area (Å²) in [7, 11) is -3.35. The summed E-state index contributed by atoms with van der Waals surface area (Å²) in [5, 5.41) is 0. The minimum atomic E-state index is -3.35. The Hall–Kier alpha value is -0.730. The van der Waals surface area contributed by atoms with Crippen molar-refractivity contribution in [1.29, 1.82) is 0 Å². The first-order valence-electron chi connectivity index (χ1n) is 8.37. The highest BCUT2D eigenvalue weighted by Gasteiger charge is 2.36. The van der Waals surface area contributed by atoms with Crippen molar-refractivity contribution in [2.24, 2.45) is 11.7 Å². The molecule has 134 valence electrons. The Bertz CT molecular complexity index is 508. The fourth-order valence-corrected chi connectivity index (χ4v) is 4.67. The minimum Gasteiger partial charge on any atom is -0.369 e. The molecule has 0 radical (unpaired) electrons. The molecule has 1 saturated heterocycles. The zero-order chi connectivity index (χ0) is 17.0. The lowest BCUT2D eigenvalue weighted by molar-refractivity contribution is -0.119. The number of carbonyl (C=O) groups is 1. The zero-order valence-corrected chi connectivity index (χ0v) is 14.6. The van der Waals surface area contributed by atoms with Gasteiger partial charge in [0, 0.05) is 25.7 Å². The summed E-state index contributed by atoms with van der Waals surface area (Å²) in [6.07, 6.45) is 6.03. The van der Waals surface area contributed by atoms with Gasteiger partial charge in [0.05, 0.1) is 12.8 Å². The number of alkyl halides is 1. The van der Waals surface area contributed by atoms with Crippen LogP contribution in [0.15, 0.2) is 0 Å². The van der Waals surface area contributed by atoms with Gasteiger partial charge in [-0.2, -0.15) is 0 Å². The molecule has 1 aliphatic carbocycles. The van der Waals surface area contributed by atoms with E-state index in [1.165, 1.54) is 17.0 Å². The smallest absolute Gasteiger partial charge is 0.231 e. The topological polar surface area (TPSA) is 83.7 Å². The second kappa shape index (κ2) is 7.90. The van der Waals surface area contributed by atoms with Crippen molar-refractivity contribution in [3.8, 4) is 0 Å². The van der Waals surface area contributed by atoms with Crippen LogP contribution in [0.25, 0.3) is 0 Å². The van der Waals surface area contributed by atoms with Gasteiger partial charge in [0.2, 0.25) is 15.9 Å². The summed E-state index contributed by atoms with van der Waals surface area (Å²) < 4.78 is 39.4. The Labute approximate surface area is 138 Å². The van der Waals surface area contributed by atoms with Crippen molar-refractivity contribution in [2.75, 3.05) is 32.4 Å². The summed E-state index contributed by atoms with van der Waals surface area (Å²) in [5.74, 6) is -0.132. The Kier molecular flexibility index (Phi) is 6.39. The molecule has 0 aromatic heterocycles. The predicted molar refractivity (Wildman–Crippen MR) is 87.1 cm³/mol. The van der Waals surface area contributed by atoms with Crippen molar-refractivity contribution < 1.29 is 17.6 Å². The van der Waals surface area contributed by atoms with Gasteiger partial charge in [-0.3, -0.25) is 9.69 Å². The number of likely N-dealkylation sites (tertiary alicyclic amines) is 1.